The number of rotatable bonds is 1. The van der Waals surface area contributed by atoms with Gasteiger partial charge in [0.25, 0.3) is 0 Å². The van der Waals surface area contributed by atoms with E-state index in [0.717, 1.165) is 0 Å². The average molecular weight is 186 g/mol. The highest BCUT2D eigenvalue weighted by Crippen LogP contribution is 2.32. The number of ether oxygens (including phenoxy) is 3. The van der Waals surface area contributed by atoms with E-state index in [1.807, 2.05) is 19.9 Å². The Hall–Kier alpha value is -0.420. The Bertz CT molecular complexity index is 224. The van der Waals surface area contributed by atoms with Gasteiger partial charge in [0.1, 0.15) is 12.2 Å². The van der Waals surface area contributed by atoms with Crippen molar-refractivity contribution in [3.8, 4) is 0 Å². The third-order valence-corrected chi connectivity index (χ3v) is 2.09. The van der Waals surface area contributed by atoms with E-state index in [4.69, 9.17) is 19.3 Å². The van der Waals surface area contributed by atoms with Crippen molar-refractivity contribution >= 4 is 0 Å². The summed E-state index contributed by atoms with van der Waals surface area (Å²) in [5.74, 6) is -0.593. The van der Waals surface area contributed by atoms with Crippen LogP contribution in [0.15, 0.2) is 12.2 Å². The van der Waals surface area contributed by atoms with Crippen LogP contribution < -0.4 is 0 Å². The van der Waals surface area contributed by atoms with Crippen LogP contribution in [0.4, 0.5) is 0 Å². The molecule has 1 saturated heterocycles. The maximum Gasteiger partial charge on any atom is 0.191 e. The Morgan fingerprint density at radius 2 is 2.08 bits per heavy atom. The van der Waals surface area contributed by atoms with E-state index in [1.165, 1.54) is 0 Å². The molecular weight excluding hydrogens is 172 g/mol. The number of fused-ring (bicyclic) bond motifs is 1. The summed E-state index contributed by atoms with van der Waals surface area (Å²) >= 11 is 0. The Morgan fingerprint density at radius 3 is 2.77 bits per heavy atom. The SMILES string of the molecule is CC1(C)OC2C=CC(CO)OC2O1. The first-order chi connectivity index (χ1) is 6.11. The van der Waals surface area contributed by atoms with Crippen LogP contribution in [-0.4, -0.2) is 36.0 Å². The fourth-order valence-electron chi connectivity index (χ4n) is 1.55. The zero-order chi connectivity index (χ0) is 9.47. The minimum Gasteiger partial charge on any atom is -0.393 e. The van der Waals surface area contributed by atoms with Crippen molar-refractivity contribution in [2.45, 2.75) is 38.1 Å². The van der Waals surface area contributed by atoms with E-state index in [0.29, 0.717) is 0 Å². The second-order valence-corrected chi connectivity index (χ2v) is 3.71. The molecule has 4 nitrogen and oxygen atoms in total. The molecule has 2 aliphatic heterocycles. The lowest BCUT2D eigenvalue weighted by atomic mass is 10.2. The summed E-state index contributed by atoms with van der Waals surface area (Å²) in [6.45, 7) is 3.66. The molecule has 4 heteroatoms. The molecule has 0 spiro atoms. The standard InChI is InChI=1S/C9H14O4/c1-9(2)12-7-4-3-6(5-10)11-8(7)13-9/h3-4,6-8,10H,5H2,1-2H3. The van der Waals surface area contributed by atoms with E-state index in [2.05, 4.69) is 0 Å². The van der Waals surface area contributed by atoms with Gasteiger partial charge in [-0.05, 0) is 13.8 Å². The monoisotopic (exact) mass is 186 g/mol. The van der Waals surface area contributed by atoms with Gasteiger partial charge in [-0.25, -0.2) is 0 Å². The summed E-state index contributed by atoms with van der Waals surface area (Å²) in [6.07, 6.45) is 2.89. The lowest BCUT2D eigenvalue weighted by molar-refractivity contribution is -0.202. The fourth-order valence-corrected chi connectivity index (χ4v) is 1.55. The first kappa shape index (κ1) is 9.15. The van der Waals surface area contributed by atoms with Crippen molar-refractivity contribution < 1.29 is 19.3 Å². The van der Waals surface area contributed by atoms with Gasteiger partial charge in [-0.1, -0.05) is 12.2 Å². The van der Waals surface area contributed by atoms with Gasteiger partial charge < -0.3 is 19.3 Å². The van der Waals surface area contributed by atoms with Crippen molar-refractivity contribution in [2.75, 3.05) is 6.61 Å². The highest BCUT2D eigenvalue weighted by Gasteiger charge is 2.43. The lowest BCUT2D eigenvalue weighted by Crippen LogP contribution is -2.34. The summed E-state index contributed by atoms with van der Waals surface area (Å²) < 4.78 is 16.4. The molecule has 3 unspecified atom stereocenters. The molecule has 1 fully saturated rings. The molecule has 0 bridgehead atoms. The largest absolute Gasteiger partial charge is 0.393 e. The highest BCUT2D eigenvalue weighted by molar-refractivity contribution is 5.03. The summed E-state index contributed by atoms with van der Waals surface area (Å²) in [5.41, 5.74) is 0. The molecule has 2 aliphatic rings. The minimum absolute atomic E-state index is 0.0243. The second-order valence-electron chi connectivity index (χ2n) is 3.71. The van der Waals surface area contributed by atoms with Crippen molar-refractivity contribution in [1.29, 1.82) is 0 Å². The molecule has 0 radical (unpaired) electrons. The van der Waals surface area contributed by atoms with E-state index >= 15 is 0 Å². The van der Waals surface area contributed by atoms with Gasteiger partial charge in [-0.15, -0.1) is 0 Å². The average Bonchev–Trinajstić information content (AvgIpc) is 2.36. The van der Waals surface area contributed by atoms with Gasteiger partial charge in [0.05, 0.1) is 6.61 Å². The highest BCUT2D eigenvalue weighted by atomic mass is 16.8. The molecule has 0 aromatic heterocycles. The van der Waals surface area contributed by atoms with Crippen molar-refractivity contribution in [3.63, 3.8) is 0 Å². The second kappa shape index (κ2) is 3.06. The third-order valence-electron chi connectivity index (χ3n) is 2.09. The van der Waals surface area contributed by atoms with Crippen LogP contribution >= 0.6 is 0 Å². The van der Waals surface area contributed by atoms with Gasteiger partial charge in [0.2, 0.25) is 0 Å². The first-order valence-corrected chi connectivity index (χ1v) is 4.41. The summed E-state index contributed by atoms with van der Waals surface area (Å²) in [7, 11) is 0. The normalized spacial score (nSPS) is 41.9. The molecule has 74 valence electrons. The van der Waals surface area contributed by atoms with E-state index in [1.54, 1.807) is 6.08 Å². The van der Waals surface area contributed by atoms with Gasteiger partial charge >= 0.3 is 0 Å². The zero-order valence-corrected chi connectivity index (χ0v) is 7.77. The fraction of sp³-hybridized carbons (Fsp3) is 0.778. The molecule has 3 atom stereocenters. The van der Waals surface area contributed by atoms with Gasteiger partial charge in [0, 0.05) is 0 Å². The van der Waals surface area contributed by atoms with Gasteiger partial charge in [-0.3, -0.25) is 0 Å². The zero-order valence-electron chi connectivity index (χ0n) is 7.77. The van der Waals surface area contributed by atoms with Crippen molar-refractivity contribution in [3.05, 3.63) is 12.2 Å². The molecule has 0 saturated carbocycles. The predicted octanol–water partition coefficient (Wildman–Crippen LogP) is 0.411. The van der Waals surface area contributed by atoms with Crippen LogP contribution in [-0.2, 0) is 14.2 Å². The molecule has 0 aromatic carbocycles. The summed E-state index contributed by atoms with van der Waals surface area (Å²) in [6, 6.07) is 0. The third kappa shape index (κ3) is 1.76. The van der Waals surface area contributed by atoms with Crippen LogP contribution in [0, 0.1) is 0 Å². The maximum absolute atomic E-state index is 8.87. The van der Waals surface area contributed by atoms with E-state index in [9.17, 15) is 0 Å². The van der Waals surface area contributed by atoms with Crippen LogP contribution in [0.2, 0.25) is 0 Å². The Kier molecular flexibility index (Phi) is 2.15. The number of hydrogen-bond acceptors (Lipinski definition) is 4. The number of aliphatic hydroxyl groups is 1. The van der Waals surface area contributed by atoms with Crippen molar-refractivity contribution in [2.24, 2.45) is 0 Å². The minimum atomic E-state index is -0.593. The molecule has 0 aromatic rings. The molecular formula is C9H14O4. The van der Waals surface area contributed by atoms with Crippen LogP contribution in [0.3, 0.4) is 0 Å². The van der Waals surface area contributed by atoms with E-state index < -0.39 is 5.79 Å². The smallest absolute Gasteiger partial charge is 0.191 e. The van der Waals surface area contributed by atoms with Crippen LogP contribution in [0.5, 0.6) is 0 Å². The number of hydrogen-bond donors (Lipinski definition) is 1. The van der Waals surface area contributed by atoms with Crippen molar-refractivity contribution in [1.82, 2.24) is 0 Å². The summed E-state index contributed by atoms with van der Waals surface area (Å²) in [4.78, 5) is 0. The van der Waals surface area contributed by atoms with Gasteiger partial charge in [0.15, 0.2) is 12.1 Å². The van der Waals surface area contributed by atoms with Gasteiger partial charge in [-0.2, -0.15) is 0 Å². The Morgan fingerprint density at radius 1 is 1.31 bits per heavy atom. The van der Waals surface area contributed by atoms with E-state index in [-0.39, 0.29) is 25.1 Å². The number of aliphatic hydroxyl groups excluding tert-OH is 1. The summed E-state index contributed by atoms with van der Waals surface area (Å²) in [5, 5.41) is 8.87. The molecule has 0 aliphatic carbocycles. The Labute approximate surface area is 77.1 Å². The quantitative estimate of drug-likeness (QED) is 0.602. The predicted molar refractivity (Wildman–Crippen MR) is 44.9 cm³/mol. The molecule has 2 heterocycles. The van der Waals surface area contributed by atoms with Crippen LogP contribution in [0.1, 0.15) is 13.8 Å². The first-order valence-electron chi connectivity index (χ1n) is 4.41. The molecule has 0 amide bonds. The Balaban J connectivity index is 2.07. The maximum atomic E-state index is 8.87. The molecule has 2 rings (SSSR count). The lowest BCUT2D eigenvalue weighted by Gasteiger charge is -2.23. The van der Waals surface area contributed by atoms with Crippen LogP contribution in [0.25, 0.3) is 0 Å². The molecule has 1 N–H and O–H groups in total. The topological polar surface area (TPSA) is 47.9 Å². The molecule has 13 heavy (non-hydrogen) atoms.